The van der Waals surface area contributed by atoms with Crippen molar-refractivity contribution < 1.29 is 32.6 Å². The van der Waals surface area contributed by atoms with E-state index in [1.807, 2.05) is 6.92 Å². The summed E-state index contributed by atoms with van der Waals surface area (Å²) in [6.07, 6.45) is 1.91. The number of benzene rings is 1. The van der Waals surface area contributed by atoms with E-state index in [1.165, 1.54) is 14.0 Å². The number of ether oxygens (including phenoxy) is 3. The van der Waals surface area contributed by atoms with Crippen LogP contribution in [0, 0.1) is 11.8 Å². The van der Waals surface area contributed by atoms with Gasteiger partial charge in [-0.05, 0) is 32.9 Å². The number of nitrogen functional groups attached to an aromatic ring is 1. The van der Waals surface area contributed by atoms with E-state index in [4.69, 9.17) is 29.0 Å². The lowest BCUT2D eigenvalue weighted by atomic mass is 9.91. The van der Waals surface area contributed by atoms with Crippen LogP contribution in [-0.4, -0.2) is 57.5 Å². The number of hydrogen-bond acceptors (Lipinski definition) is 11. The minimum Gasteiger partial charge on any atom is -0.479 e. The predicted molar refractivity (Wildman–Crippen MR) is 148 cm³/mol. The Morgan fingerprint density at radius 1 is 1.27 bits per heavy atom. The van der Waals surface area contributed by atoms with E-state index in [0.29, 0.717) is 16.9 Å². The van der Waals surface area contributed by atoms with E-state index < -0.39 is 32.1 Å². The maximum atomic E-state index is 13.9. The lowest BCUT2D eigenvalue weighted by Crippen LogP contribution is -2.37. The van der Waals surface area contributed by atoms with Gasteiger partial charge in [0.25, 0.3) is 0 Å². The van der Waals surface area contributed by atoms with Gasteiger partial charge in [0.2, 0.25) is 11.8 Å². The molecule has 1 saturated heterocycles. The summed E-state index contributed by atoms with van der Waals surface area (Å²) in [5.74, 6) is -0.300. The molecule has 1 aliphatic heterocycles. The summed E-state index contributed by atoms with van der Waals surface area (Å²) in [5, 5.41) is 2.69. The molecule has 216 valence electrons. The second-order valence-corrected chi connectivity index (χ2v) is 11.4. The molecule has 2 aromatic heterocycles. The van der Waals surface area contributed by atoms with Gasteiger partial charge < -0.3 is 24.5 Å². The van der Waals surface area contributed by atoms with Crippen molar-refractivity contribution in [3.05, 3.63) is 49.3 Å². The fraction of sp³-hybridized carbons (Fsp3) is 0.462. The van der Waals surface area contributed by atoms with Crippen LogP contribution in [0.4, 0.5) is 5.95 Å². The van der Waals surface area contributed by atoms with E-state index in [0.717, 1.165) is 0 Å². The van der Waals surface area contributed by atoms with Gasteiger partial charge in [0.15, 0.2) is 11.2 Å². The first-order valence-corrected chi connectivity index (χ1v) is 14.4. The van der Waals surface area contributed by atoms with Crippen LogP contribution in [0.15, 0.2) is 49.3 Å². The van der Waals surface area contributed by atoms with Gasteiger partial charge in [-0.15, -0.1) is 6.58 Å². The predicted octanol–water partition coefficient (Wildman–Crippen LogP) is 3.89. The van der Waals surface area contributed by atoms with Gasteiger partial charge in [-0.25, -0.2) is 9.55 Å². The van der Waals surface area contributed by atoms with Gasteiger partial charge in [0, 0.05) is 11.8 Å². The van der Waals surface area contributed by atoms with Gasteiger partial charge in [0.1, 0.15) is 18.0 Å². The highest BCUT2D eigenvalue weighted by molar-refractivity contribution is 7.52. The Morgan fingerprint density at radius 3 is 2.65 bits per heavy atom. The number of hydrogen-bond donors (Lipinski definition) is 2. The first kappa shape index (κ1) is 29.5. The number of anilines is 1. The number of fused-ring (bicyclic) bond motifs is 1. The second-order valence-electron chi connectivity index (χ2n) is 9.69. The van der Waals surface area contributed by atoms with Crippen molar-refractivity contribution in [1.29, 1.82) is 0 Å². The van der Waals surface area contributed by atoms with Gasteiger partial charge in [-0.3, -0.25) is 13.9 Å². The molecule has 1 aliphatic rings. The number of para-hydroxylation sites is 1. The zero-order valence-electron chi connectivity index (χ0n) is 23.1. The highest BCUT2D eigenvalue weighted by atomic mass is 31.2. The van der Waals surface area contributed by atoms with Crippen LogP contribution in [0.2, 0.25) is 0 Å². The van der Waals surface area contributed by atoms with Crippen LogP contribution in [0.1, 0.15) is 33.9 Å². The average Bonchev–Trinajstić information content (AvgIpc) is 3.46. The third-order valence-corrected chi connectivity index (χ3v) is 8.03. The van der Waals surface area contributed by atoms with Crippen LogP contribution in [0.5, 0.6) is 11.6 Å². The molecule has 4 rings (SSSR count). The van der Waals surface area contributed by atoms with Crippen LogP contribution in [0.3, 0.4) is 0 Å². The van der Waals surface area contributed by atoms with Crippen molar-refractivity contribution in [1.82, 2.24) is 24.6 Å². The van der Waals surface area contributed by atoms with Gasteiger partial charge >= 0.3 is 13.7 Å². The number of carbonyl (C=O) groups excluding carboxylic acids is 1. The van der Waals surface area contributed by atoms with Gasteiger partial charge in [0.05, 0.1) is 32.3 Å². The molecule has 0 radical (unpaired) electrons. The lowest BCUT2D eigenvalue weighted by Gasteiger charge is -2.25. The van der Waals surface area contributed by atoms with Gasteiger partial charge in [-0.1, -0.05) is 31.2 Å². The lowest BCUT2D eigenvalue weighted by molar-refractivity contribution is -0.149. The van der Waals surface area contributed by atoms with E-state index in [2.05, 4.69) is 26.6 Å². The normalized spacial score (nSPS) is 23.1. The Hall–Kier alpha value is -3.51. The molecule has 0 saturated carbocycles. The van der Waals surface area contributed by atoms with Crippen molar-refractivity contribution in [2.45, 2.75) is 52.2 Å². The zero-order chi connectivity index (χ0) is 29.0. The molecule has 40 heavy (non-hydrogen) atoms. The number of methoxy groups -OCH3 is 1. The monoisotopic (exact) mass is 574 g/mol. The third-order valence-electron chi connectivity index (χ3n) is 6.38. The quantitative estimate of drug-likeness (QED) is 0.183. The summed E-state index contributed by atoms with van der Waals surface area (Å²) in [7, 11) is -2.60. The van der Waals surface area contributed by atoms with Crippen molar-refractivity contribution in [2.75, 3.05) is 19.5 Å². The molecular formula is C26H35N6O7P. The second kappa shape index (κ2) is 12.3. The molecule has 0 bridgehead atoms. The number of nitrogens with zero attached hydrogens (tertiary/aromatic N) is 4. The molecule has 3 N–H and O–H groups in total. The highest BCUT2D eigenvalue weighted by Gasteiger charge is 2.44. The minimum absolute atomic E-state index is 0.0343. The summed E-state index contributed by atoms with van der Waals surface area (Å²) in [5.41, 5.74) is 6.77. The average molecular weight is 575 g/mol. The fourth-order valence-electron chi connectivity index (χ4n) is 4.50. The molecule has 2 unspecified atom stereocenters. The SMILES string of the molecule is C=CC1[C@H](C)C(n2cnc3c(OC)nc(N)nc32)O[C@@H]1CO[P@@](=O)(N[C@@H](C)C(=O)OC(C)C)Oc1ccccc1. The van der Waals surface area contributed by atoms with E-state index in [1.54, 1.807) is 61.1 Å². The number of esters is 1. The Labute approximate surface area is 232 Å². The van der Waals surface area contributed by atoms with Crippen molar-refractivity contribution in [2.24, 2.45) is 11.8 Å². The molecule has 1 aromatic carbocycles. The summed E-state index contributed by atoms with van der Waals surface area (Å²) in [6.45, 7) is 10.8. The van der Waals surface area contributed by atoms with Crippen LogP contribution in [0.25, 0.3) is 11.2 Å². The summed E-state index contributed by atoms with van der Waals surface area (Å²) in [4.78, 5) is 25.2. The first-order valence-electron chi connectivity index (χ1n) is 12.8. The molecule has 0 aliphatic carbocycles. The van der Waals surface area contributed by atoms with Crippen LogP contribution in [-0.2, 0) is 23.4 Å². The van der Waals surface area contributed by atoms with Crippen molar-refractivity contribution in [3.63, 3.8) is 0 Å². The molecule has 0 spiro atoms. The molecule has 0 amide bonds. The number of aromatic nitrogens is 4. The van der Waals surface area contributed by atoms with E-state index in [-0.39, 0.29) is 36.4 Å². The fourth-order valence-corrected chi connectivity index (χ4v) is 6.00. The van der Waals surface area contributed by atoms with Crippen LogP contribution < -0.4 is 20.1 Å². The van der Waals surface area contributed by atoms with Crippen molar-refractivity contribution >= 4 is 30.8 Å². The zero-order valence-corrected chi connectivity index (χ0v) is 24.0. The summed E-state index contributed by atoms with van der Waals surface area (Å²) < 4.78 is 44.2. The first-order chi connectivity index (χ1) is 19.0. The number of nitrogens with one attached hydrogen (secondary N) is 1. The largest absolute Gasteiger partial charge is 0.479 e. The molecule has 6 atom stereocenters. The number of imidazole rings is 1. The number of nitrogens with two attached hydrogens (primary N) is 1. The van der Waals surface area contributed by atoms with E-state index in [9.17, 15) is 9.36 Å². The van der Waals surface area contributed by atoms with E-state index >= 15 is 0 Å². The maximum absolute atomic E-state index is 13.9. The Morgan fingerprint density at radius 2 is 2.00 bits per heavy atom. The van der Waals surface area contributed by atoms with Crippen molar-refractivity contribution in [3.8, 4) is 11.6 Å². The Kier molecular flexibility index (Phi) is 9.09. The third kappa shape index (κ3) is 6.44. The molecule has 14 heteroatoms. The molecule has 1 fully saturated rings. The molecular weight excluding hydrogens is 539 g/mol. The number of rotatable bonds is 12. The smallest absolute Gasteiger partial charge is 0.459 e. The minimum atomic E-state index is -4.08. The number of carbonyl (C=O) groups is 1. The maximum Gasteiger partial charge on any atom is 0.459 e. The Balaban J connectivity index is 1.56. The summed E-state index contributed by atoms with van der Waals surface area (Å²) >= 11 is 0. The highest BCUT2D eigenvalue weighted by Crippen LogP contribution is 2.48. The molecule has 3 heterocycles. The Bertz CT molecular complexity index is 1380. The van der Waals surface area contributed by atoms with Gasteiger partial charge in [-0.2, -0.15) is 15.1 Å². The standard InChI is InChI=1S/C26H35N6O7P/c1-7-19-16(4)24(32-14-28-21-22(32)29-26(27)30-23(21)35-6)38-20(19)13-36-40(34,39-18-11-9-8-10-12-18)31-17(5)25(33)37-15(2)3/h7-12,14-17,19-20,24H,1,13H2,2-6H3,(H,31,34)(H2,27,29,30)/t16-,17-,19?,20+,24?,40-/m0/s1. The molecule has 13 nitrogen and oxygen atoms in total. The molecule has 3 aromatic rings. The summed E-state index contributed by atoms with van der Waals surface area (Å²) in [6, 6.07) is 7.56. The topological polar surface area (TPSA) is 162 Å². The van der Waals surface area contributed by atoms with Crippen LogP contribution >= 0.6 is 7.75 Å².